The molecule has 0 radical (unpaired) electrons. The lowest BCUT2D eigenvalue weighted by molar-refractivity contribution is -0.117. The Morgan fingerprint density at radius 2 is 2.17 bits per heavy atom. The summed E-state index contributed by atoms with van der Waals surface area (Å²) in [5, 5.41) is 10.4. The zero-order valence-electron chi connectivity index (χ0n) is 14.1. The molecule has 0 saturated carbocycles. The number of rotatable bonds is 6. The maximum Gasteiger partial charge on any atom is 0.244 e. The lowest BCUT2D eigenvalue weighted by Gasteiger charge is -2.18. The third kappa shape index (κ3) is 4.58. The number of amides is 1. The summed E-state index contributed by atoms with van der Waals surface area (Å²) < 4.78 is 5.26. The van der Waals surface area contributed by atoms with E-state index in [-0.39, 0.29) is 17.9 Å². The van der Waals surface area contributed by atoms with Gasteiger partial charge in [-0.25, -0.2) is 4.98 Å². The molecule has 128 valence electrons. The van der Waals surface area contributed by atoms with Crippen LogP contribution in [0.1, 0.15) is 37.1 Å². The Balaban J connectivity index is 2.12. The van der Waals surface area contributed by atoms with E-state index in [9.17, 15) is 4.79 Å². The average Bonchev–Trinajstić information content (AvgIpc) is 2.96. The van der Waals surface area contributed by atoms with Gasteiger partial charge in [-0.05, 0) is 37.1 Å². The molecule has 0 aliphatic rings. The Morgan fingerprint density at radius 3 is 2.75 bits per heavy atom. The van der Waals surface area contributed by atoms with Gasteiger partial charge in [-0.3, -0.25) is 9.89 Å². The highest BCUT2D eigenvalue weighted by Gasteiger charge is 2.21. The van der Waals surface area contributed by atoms with Crippen molar-refractivity contribution >= 4 is 23.6 Å². The van der Waals surface area contributed by atoms with Gasteiger partial charge in [0.25, 0.3) is 0 Å². The number of methoxy groups -OCH3 is 1. The molecule has 0 aliphatic carbocycles. The molecule has 24 heavy (non-hydrogen) atoms. The van der Waals surface area contributed by atoms with Gasteiger partial charge in [0.2, 0.25) is 5.91 Å². The lowest BCUT2D eigenvalue weighted by Crippen LogP contribution is -2.31. The van der Waals surface area contributed by atoms with Crippen molar-refractivity contribution in [3.8, 4) is 5.75 Å². The molecular weight excluding hydrogens is 328 g/mol. The number of halogens is 1. The van der Waals surface area contributed by atoms with Crippen LogP contribution in [0.3, 0.4) is 0 Å². The van der Waals surface area contributed by atoms with Crippen LogP contribution in [-0.4, -0.2) is 28.2 Å². The molecule has 0 bridgehead atoms. The molecule has 7 heteroatoms. The van der Waals surface area contributed by atoms with Crippen molar-refractivity contribution in [3.63, 3.8) is 0 Å². The summed E-state index contributed by atoms with van der Waals surface area (Å²) in [5.41, 5.74) is 0.731. The van der Waals surface area contributed by atoms with Crippen LogP contribution < -0.4 is 10.1 Å². The summed E-state index contributed by atoms with van der Waals surface area (Å²) in [4.78, 5) is 16.6. The monoisotopic (exact) mass is 348 g/mol. The summed E-state index contributed by atoms with van der Waals surface area (Å²) in [7, 11) is 1.57. The average molecular weight is 349 g/mol. The van der Waals surface area contributed by atoms with Gasteiger partial charge >= 0.3 is 0 Å². The van der Waals surface area contributed by atoms with Crippen molar-refractivity contribution in [1.29, 1.82) is 0 Å². The number of nitrogens with zero attached hydrogens (tertiary/aromatic N) is 2. The number of aromatic amines is 1. The first-order valence-electron chi connectivity index (χ1n) is 7.61. The van der Waals surface area contributed by atoms with Crippen molar-refractivity contribution in [2.75, 3.05) is 7.11 Å². The van der Waals surface area contributed by atoms with E-state index in [4.69, 9.17) is 16.3 Å². The van der Waals surface area contributed by atoms with Gasteiger partial charge in [0, 0.05) is 16.7 Å². The maximum absolute atomic E-state index is 12.3. The number of ether oxygens (including phenoxy) is 1. The number of hydrogen-bond acceptors (Lipinski definition) is 4. The fraction of sp³-hybridized carbons (Fsp3) is 0.353. The molecule has 0 fully saturated rings. The van der Waals surface area contributed by atoms with Crippen molar-refractivity contribution < 1.29 is 9.53 Å². The van der Waals surface area contributed by atoms with E-state index < -0.39 is 0 Å². The van der Waals surface area contributed by atoms with Crippen LogP contribution in [0, 0.1) is 12.8 Å². The number of nitrogens with one attached hydrogen (secondary N) is 2. The van der Waals surface area contributed by atoms with Gasteiger partial charge < -0.3 is 10.1 Å². The highest BCUT2D eigenvalue weighted by Crippen LogP contribution is 2.24. The van der Waals surface area contributed by atoms with Crippen LogP contribution in [-0.2, 0) is 4.79 Å². The summed E-state index contributed by atoms with van der Waals surface area (Å²) in [5.74, 6) is 1.85. The smallest absolute Gasteiger partial charge is 0.244 e. The third-order valence-corrected chi connectivity index (χ3v) is 3.70. The Kier molecular flexibility index (Phi) is 5.98. The quantitative estimate of drug-likeness (QED) is 0.785. The Hall–Kier alpha value is -2.34. The number of carbonyl (C=O) groups excluding carboxylic acids is 1. The van der Waals surface area contributed by atoms with Crippen LogP contribution >= 0.6 is 11.6 Å². The number of H-pyrrole nitrogens is 1. The second-order valence-corrected chi connectivity index (χ2v) is 6.17. The largest absolute Gasteiger partial charge is 0.496 e. The van der Waals surface area contributed by atoms with Crippen LogP contribution in [0.5, 0.6) is 5.75 Å². The number of benzene rings is 1. The fourth-order valence-electron chi connectivity index (χ4n) is 2.23. The van der Waals surface area contributed by atoms with E-state index in [0.29, 0.717) is 22.4 Å². The molecule has 0 aliphatic heterocycles. The molecule has 1 atom stereocenters. The number of aromatic nitrogens is 3. The zero-order chi connectivity index (χ0) is 17.7. The molecule has 2 N–H and O–H groups in total. The highest BCUT2D eigenvalue weighted by atomic mass is 35.5. The van der Waals surface area contributed by atoms with E-state index in [1.165, 1.54) is 6.08 Å². The molecule has 6 nitrogen and oxygen atoms in total. The van der Waals surface area contributed by atoms with Gasteiger partial charge in [0.05, 0.1) is 13.2 Å². The van der Waals surface area contributed by atoms with E-state index in [1.54, 1.807) is 31.4 Å². The Bertz CT molecular complexity index is 740. The maximum atomic E-state index is 12.3. The number of carbonyl (C=O) groups is 1. The molecule has 2 aromatic rings. The normalized spacial score (nSPS) is 12.6. The SMILES string of the molecule is COc1ccc(Cl)cc1/C=C\C(=O)N[C@@H](c1n[nH]c(C)n1)C(C)C. The molecule has 1 amide bonds. The van der Waals surface area contributed by atoms with E-state index in [0.717, 1.165) is 5.56 Å². The standard InChI is InChI=1S/C17H21ClN4O2/c1-10(2)16(17-19-11(3)21-22-17)20-15(23)8-5-12-9-13(18)6-7-14(12)24-4/h5-10,16H,1-4H3,(H,20,23)(H,19,21,22)/b8-5-/t16-/m1/s1. The summed E-state index contributed by atoms with van der Waals surface area (Å²) in [6.07, 6.45) is 3.11. The predicted molar refractivity (Wildman–Crippen MR) is 93.9 cm³/mol. The van der Waals surface area contributed by atoms with Gasteiger partial charge in [-0.2, -0.15) is 5.10 Å². The molecule has 0 spiro atoms. The third-order valence-electron chi connectivity index (χ3n) is 3.46. The Labute approximate surface area is 146 Å². The molecule has 2 rings (SSSR count). The molecular formula is C17H21ClN4O2. The van der Waals surface area contributed by atoms with E-state index >= 15 is 0 Å². The first-order valence-corrected chi connectivity index (χ1v) is 7.99. The van der Waals surface area contributed by atoms with E-state index in [2.05, 4.69) is 20.5 Å². The molecule has 1 heterocycles. The van der Waals surface area contributed by atoms with Crippen LogP contribution in [0.2, 0.25) is 5.02 Å². The van der Waals surface area contributed by atoms with Gasteiger partial charge in [-0.15, -0.1) is 0 Å². The first-order chi connectivity index (χ1) is 11.4. The first kappa shape index (κ1) is 18.0. The minimum Gasteiger partial charge on any atom is -0.496 e. The summed E-state index contributed by atoms with van der Waals surface area (Å²) in [6.45, 7) is 5.82. The number of hydrogen-bond donors (Lipinski definition) is 2. The molecule has 1 aromatic carbocycles. The fourth-order valence-corrected chi connectivity index (χ4v) is 2.41. The highest BCUT2D eigenvalue weighted by molar-refractivity contribution is 6.30. The second kappa shape index (κ2) is 7.97. The minimum absolute atomic E-state index is 0.151. The van der Waals surface area contributed by atoms with Crippen LogP contribution in [0.25, 0.3) is 6.08 Å². The second-order valence-electron chi connectivity index (χ2n) is 5.73. The lowest BCUT2D eigenvalue weighted by atomic mass is 10.0. The topological polar surface area (TPSA) is 79.9 Å². The molecule has 0 unspecified atom stereocenters. The van der Waals surface area contributed by atoms with Crippen LogP contribution in [0.4, 0.5) is 0 Å². The van der Waals surface area contributed by atoms with Gasteiger partial charge in [0.1, 0.15) is 11.6 Å². The van der Waals surface area contributed by atoms with Crippen molar-refractivity contribution in [2.45, 2.75) is 26.8 Å². The van der Waals surface area contributed by atoms with Gasteiger partial charge in [-0.1, -0.05) is 25.4 Å². The number of aryl methyl sites for hydroxylation is 1. The van der Waals surface area contributed by atoms with Crippen LogP contribution in [0.15, 0.2) is 24.3 Å². The zero-order valence-corrected chi connectivity index (χ0v) is 14.9. The van der Waals surface area contributed by atoms with Crippen molar-refractivity contribution in [1.82, 2.24) is 20.5 Å². The van der Waals surface area contributed by atoms with Gasteiger partial charge in [0.15, 0.2) is 5.82 Å². The minimum atomic E-state index is -0.270. The Morgan fingerprint density at radius 1 is 1.42 bits per heavy atom. The predicted octanol–water partition coefficient (Wildman–Crippen LogP) is 3.30. The van der Waals surface area contributed by atoms with E-state index in [1.807, 2.05) is 20.8 Å². The van der Waals surface area contributed by atoms with Crippen molar-refractivity contribution in [3.05, 3.63) is 46.5 Å². The summed E-state index contributed by atoms with van der Waals surface area (Å²) >= 11 is 5.99. The van der Waals surface area contributed by atoms with Crippen molar-refractivity contribution in [2.24, 2.45) is 5.92 Å². The molecule has 0 saturated heterocycles. The molecule has 1 aromatic heterocycles. The summed E-state index contributed by atoms with van der Waals surface area (Å²) in [6, 6.07) is 4.96.